The molecule has 3 aromatic rings. The van der Waals surface area contributed by atoms with Gasteiger partial charge < -0.3 is 9.15 Å². The van der Waals surface area contributed by atoms with Gasteiger partial charge in [-0.2, -0.15) is 0 Å². The SMILES string of the molecule is CC1(C)Oc2ccc(C(=O)NO)cc2N(Cc2nc3ccc(Cl)cc3o2)C1=O. The number of hydrogen-bond acceptors (Lipinski definition) is 6. The minimum absolute atomic E-state index is 0.0368. The van der Waals surface area contributed by atoms with E-state index in [0.29, 0.717) is 33.4 Å². The zero-order chi connectivity index (χ0) is 20.1. The normalized spacial score (nSPS) is 15.3. The fourth-order valence-corrected chi connectivity index (χ4v) is 3.24. The van der Waals surface area contributed by atoms with Crippen LogP contribution in [-0.4, -0.2) is 27.6 Å². The van der Waals surface area contributed by atoms with E-state index in [-0.39, 0.29) is 18.0 Å². The molecule has 1 aromatic heterocycles. The third-order valence-corrected chi connectivity index (χ3v) is 4.66. The number of ether oxygens (including phenoxy) is 1. The summed E-state index contributed by atoms with van der Waals surface area (Å²) in [5.74, 6) is -0.275. The van der Waals surface area contributed by atoms with Gasteiger partial charge in [0.25, 0.3) is 11.8 Å². The first-order valence-corrected chi connectivity index (χ1v) is 8.81. The lowest BCUT2D eigenvalue weighted by Gasteiger charge is -2.38. The smallest absolute Gasteiger partial charge is 0.274 e. The summed E-state index contributed by atoms with van der Waals surface area (Å²) in [6, 6.07) is 9.62. The van der Waals surface area contributed by atoms with E-state index >= 15 is 0 Å². The van der Waals surface area contributed by atoms with Gasteiger partial charge in [0.15, 0.2) is 11.2 Å². The van der Waals surface area contributed by atoms with Crippen LogP contribution in [0.3, 0.4) is 0 Å². The van der Waals surface area contributed by atoms with Crippen LogP contribution >= 0.6 is 11.6 Å². The van der Waals surface area contributed by atoms with E-state index in [1.54, 1.807) is 43.6 Å². The second kappa shape index (κ2) is 6.50. The van der Waals surface area contributed by atoms with Crippen molar-refractivity contribution >= 4 is 40.2 Å². The Morgan fingerprint density at radius 3 is 2.82 bits per heavy atom. The van der Waals surface area contributed by atoms with Gasteiger partial charge in [-0.3, -0.25) is 19.7 Å². The van der Waals surface area contributed by atoms with Gasteiger partial charge in [0.05, 0.1) is 5.69 Å². The van der Waals surface area contributed by atoms with E-state index in [1.807, 2.05) is 0 Å². The molecular weight excluding hydrogens is 386 g/mol. The first-order valence-electron chi connectivity index (χ1n) is 8.43. The van der Waals surface area contributed by atoms with Crippen molar-refractivity contribution in [3.05, 3.63) is 52.9 Å². The standard InChI is InChI=1S/C19H16ClN3O5/c1-19(2)18(25)23(9-16-21-12-5-4-11(20)8-15(12)27-16)13-7-10(17(24)22-26)3-6-14(13)28-19/h3-8,26H,9H2,1-2H3,(H,22,24). The Bertz CT molecular complexity index is 1110. The molecule has 2 aromatic carbocycles. The molecular formula is C19H16ClN3O5. The fraction of sp³-hybridized carbons (Fsp3) is 0.211. The number of nitrogens with one attached hydrogen (secondary N) is 1. The lowest BCUT2D eigenvalue weighted by Crippen LogP contribution is -2.52. The number of hydrogen-bond donors (Lipinski definition) is 2. The summed E-state index contributed by atoms with van der Waals surface area (Å²) in [6.07, 6.45) is 0. The summed E-state index contributed by atoms with van der Waals surface area (Å²) >= 11 is 5.98. The van der Waals surface area contributed by atoms with E-state index in [4.69, 9.17) is 26.0 Å². The number of oxazole rings is 1. The van der Waals surface area contributed by atoms with Gasteiger partial charge in [-0.1, -0.05) is 11.6 Å². The first kappa shape index (κ1) is 18.3. The molecule has 2 N–H and O–H groups in total. The minimum atomic E-state index is -1.11. The number of amides is 2. The third-order valence-electron chi connectivity index (χ3n) is 4.43. The van der Waals surface area contributed by atoms with Crippen LogP contribution in [0.1, 0.15) is 30.1 Å². The molecule has 2 amide bonds. The maximum absolute atomic E-state index is 13.0. The van der Waals surface area contributed by atoms with Crippen LogP contribution in [0, 0.1) is 0 Å². The molecule has 4 rings (SSSR count). The Labute approximate surface area is 164 Å². The highest BCUT2D eigenvalue weighted by atomic mass is 35.5. The van der Waals surface area contributed by atoms with E-state index in [2.05, 4.69) is 4.98 Å². The maximum Gasteiger partial charge on any atom is 0.274 e. The number of benzene rings is 2. The summed E-state index contributed by atoms with van der Waals surface area (Å²) in [5, 5.41) is 9.40. The van der Waals surface area contributed by atoms with Gasteiger partial charge in [0.2, 0.25) is 5.89 Å². The lowest BCUT2D eigenvalue weighted by atomic mass is 10.0. The molecule has 0 radical (unpaired) electrons. The van der Waals surface area contributed by atoms with Crippen molar-refractivity contribution in [2.45, 2.75) is 26.0 Å². The Morgan fingerprint density at radius 2 is 2.07 bits per heavy atom. The van der Waals surface area contributed by atoms with Crippen LogP contribution in [0.5, 0.6) is 5.75 Å². The second-order valence-corrected chi connectivity index (χ2v) is 7.28. The highest BCUT2D eigenvalue weighted by molar-refractivity contribution is 6.31. The highest BCUT2D eigenvalue weighted by Crippen LogP contribution is 2.39. The van der Waals surface area contributed by atoms with Gasteiger partial charge >= 0.3 is 0 Å². The number of anilines is 1. The van der Waals surface area contributed by atoms with Gasteiger partial charge in [-0.05, 0) is 44.2 Å². The van der Waals surface area contributed by atoms with Gasteiger partial charge in [0, 0.05) is 16.7 Å². The third kappa shape index (κ3) is 3.06. The number of carbonyl (C=O) groups excluding carboxylic acids is 2. The van der Waals surface area contributed by atoms with E-state index in [0.717, 1.165) is 0 Å². The molecule has 9 heteroatoms. The van der Waals surface area contributed by atoms with Crippen molar-refractivity contribution in [1.82, 2.24) is 10.5 Å². The fourth-order valence-electron chi connectivity index (χ4n) is 3.08. The van der Waals surface area contributed by atoms with Gasteiger partial charge in [-0.15, -0.1) is 0 Å². The van der Waals surface area contributed by atoms with Crippen molar-refractivity contribution in [2.24, 2.45) is 0 Å². The summed E-state index contributed by atoms with van der Waals surface area (Å²) in [4.78, 5) is 30.6. The second-order valence-electron chi connectivity index (χ2n) is 6.85. The monoisotopic (exact) mass is 401 g/mol. The molecule has 2 heterocycles. The van der Waals surface area contributed by atoms with E-state index < -0.39 is 11.5 Å². The van der Waals surface area contributed by atoms with Crippen molar-refractivity contribution in [3.8, 4) is 5.75 Å². The molecule has 0 aliphatic carbocycles. The number of hydroxylamine groups is 1. The number of carbonyl (C=O) groups is 2. The van der Waals surface area contributed by atoms with Gasteiger partial charge in [-0.25, -0.2) is 10.5 Å². The summed E-state index contributed by atoms with van der Waals surface area (Å²) in [6.45, 7) is 3.35. The molecule has 28 heavy (non-hydrogen) atoms. The Balaban J connectivity index is 1.77. The van der Waals surface area contributed by atoms with Crippen molar-refractivity contribution in [1.29, 1.82) is 0 Å². The predicted molar refractivity (Wildman–Crippen MR) is 101 cm³/mol. The number of halogens is 1. The summed E-state index contributed by atoms with van der Waals surface area (Å²) in [5.41, 5.74) is 2.15. The Hall–Kier alpha value is -3.10. The maximum atomic E-state index is 13.0. The van der Waals surface area contributed by atoms with Crippen LogP contribution in [0.15, 0.2) is 40.8 Å². The largest absolute Gasteiger partial charge is 0.476 e. The van der Waals surface area contributed by atoms with Crippen LogP contribution in [-0.2, 0) is 11.3 Å². The van der Waals surface area contributed by atoms with Gasteiger partial charge in [0.1, 0.15) is 17.8 Å². The van der Waals surface area contributed by atoms with Crippen LogP contribution in [0.25, 0.3) is 11.1 Å². The van der Waals surface area contributed by atoms with Crippen LogP contribution in [0.2, 0.25) is 5.02 Å². The molecule has 1 aliphatic rings. The van der Waals surface area contributed by atoms with E-state index in [9.17, 15) is 9.59 Å². The quantitative estimate of drug-likeness (QED) is 0.515. The highest BCUT2D eigenvalue weighted by Gasteiger charge is 2.41. The average Bonchev–Trinajstić information content (AvgIpc) is 3.05. The molecule has 0 spiro atoms. The number of fused-ring (bicyclic) bond motifs is 2. The minimum Gasteiger partial charge on any atom is -0.476 e. The topological polar surface area (TPSA) is 105 Å². The molecule has 144 valence electrons. The van der Waals surface area contributed by atoms with Crippen LogP contribution < -0.4 is 15.1 Å². The predicted octanol–water partition coefficient (Wildman–Crippen LogP) is 3.30. The van der Waals surface area contributed by atoms with Crippen LogP contribution in [0.4, 0.5) is 5.69 Å². The van der Waals surface area contributed by atoms with Crippen molar-refractivity contribution in [3.63, 3.8) is 0 Å². The first-order chi connectivity index (χ1) is 13.3. The zero-order valence-corrected chi connectivity index (χ0v) is 15.8. The molecule has 0 saturated heterocycles. The Morgan fingerprint density at radius 1 is 1.29 bits per heavy atom. The molecule has 8 nitrogen and oxygen atoms in total. The number of rotatable bonds is 3. The van der Waals surface area contributed by atoms with Crippen molar-refractivity contribution in [2.75, 3.05) is 4.90 Å². The molecule has 0 bridgehead atoms. The number of aromatic nitrogens is 1. The molecule has 0 unspecified atom stereocenters. The summed E-state index contributed by atoms with van der Waals surface area (Å²) in [7, 11) is 0. The molecule has 0 saturated carbocycles. The lowest BCUT2D eigenvalue weighted by molar-refractivity contribution is -0.132. The molecule has 1 aliphatic heterocycles. The van der Waals surface area contributed by atoms with Crippen molar-refractivity contribution < 1.29 is 24.0 Å². The summed E-state index contributed by atoms with van der Waals surface area (Å²) < 4.78 is 11.5. The number of nitrogens with zero attached hydrogens (tertiary/aromatic N) is 2. The molecule has 0 atom stereocenters. The average molecular weight is 402 g/mol. The Kier molecular flexibility index (Phi) is 4.24. The molecule has 0 fully saturated rings. The van der Waals surface area contributed by atoms with E-state index in [1.165, 1.54) is 17.0 Å². The zero-order valence-electron chi connectivity index (χ0n) is 15.0.